The van der Waals surface area contributed by atoms with E-state index in [1.807, 2.05) is 41.9 Å². The van der Waals surface area contributed by atoms with E-state index in [2.05, 4.69) is 5.10 Å². The first kappa shape index (κ1) is 19.0. The molecule has 1 fully saturated rings. The lowest BCUT2D eigenvalue weighted by molar-refractivity contribution is -0.184. The van der Waals surface area contributed by atoms with Crippen LogP contribution in [0.2, 0.25) is 0 Å². The summed E-state index contributed by atoms with van der Waals surface area (Å²) in [6.07, 6.45) is -3.79. The Balaban J connectivity index is 1.59. The van der Waals surface area contributed by atoms with Crippen LogP contribution >= 0.6 is 11.3 Å². The van der Waals surface area contributed by atoms with Gasteiger partial charge in [-0.2, -0.15) is 18.3 Å². The largest absolute Gasteiger partial charge is 0.393 e. The number of nitrogens with zero attached hydrogens (tertiary/aromatic N) is 3. The van der Waals surface area contributed by atoms with Crippen molar-refractivity contribution in [1.29, 1.82) is 0 Å². The van der Waals surface area contributed by atoms with E-state index < -0.39 is 12.1 Å². The molecule has 1 saturated heterocycles. The van der Waals surface area contributed by atoms with Crippen molar-refractivity contribution >= 4 is 27.5 Å². The normalized spacial score (nSPS) is 18.0. The molecule has 4 rings (SSSR count). The van der Waals surface area contributed by atoms with E-state index in [4.69, 9.17) is 0 Å². The molecule has 8 heteroatoms. The molecule has 1 atom stereocenters. The van der Waals surface area contributed by atoms with Crippen LogP contribution in [0.15, 0.2) is 36.4 Å². The second-order valence-corrected chi connectivity index (χ2v) is 8.22. The van der Waals surface area contributed by atoms with Crippen LogP contribution in [0.3, 0.4) is 0 Å². The second-order valence-electron chi connectivity index (χ2n) is 7.19. The van der Waals surface area contributed by atoms with E-state index >= 15 is 0 Å². The predicted octanol–water partition coefficient (Wildman–Crippen LogP) is 4.87. The van der Waals surface area contributed by atoms with Crippen LogP contribution in [0.1, 0.15) is 33.8 Å². The van der Waals surface area contributed by atoms with Gasteiger partial charge in [0.05, 0.1) is 23.0 Å². The van der Waals surface area contributed by atoms with Gasteiger partial charge in [-0.15, -0.1) is 11.3 Å². The number of likely N-dealkylation sites (tertiary alicyclic amines) is 1. The molecule has 3 aromatic rings. The van der Waals surface area contributed by atoms with Crippen LogP contribution < -0.4 is 0 Å². The first-order valence-corrected chi connectivity index (χ1v) is 10.0. The van der Waals surface area contributed by atoms with Crippen molar-refractivity contribution in [3.8, 4) is 0 Å². The van der Waals surface area contributed by atoms with E-state index in [9.17, 15) is 18.0 Å². The van der Waals surface area contributed by atoms with Crippen LogP contribution in [-0.4, -0.2) is 39.9 Å². The van der Waals surface area contributed by atoms with Gasteiger partial charge in [0, 0.05) is 18.5 Å². The third-order valence-corrected chi connectivity index (χ3v) is 6.30. The van der Waals surface area contributed by atoms with Crippen LogP contribution in [-0.2, 0) is 6.54 Å². The summed E-state index contributed by atoms with van der Waals surface area (Å²) in [5.74, 6) is -1.75. The summed E-state index contributed by atoms with van der Waals surface area (Å²) >= 11 is 1.30. The topological polar surface area (TPSA) is 38.1 Å². The minimum absolute atomic E-state index is 0.0881. The highest BCUT2D eigenvalue weighted by Gasteiger charge is 2.43. The summed E-state index contributed by atoms with van der Waals surface area (Å²) < 4.78 is 41.0. The summed E-state index contributed by atoms with van der Waals surface area (Å²) in [6.45, 7) is 2.57. The monoisotopic (exact) mass is 407 g/mol. The Kier molecular flexibility index (Phi) is 4.91. The number of aryl methyl sites for hydroxylation is 1. The zero-order chi connectivity index (χ0) is 19.9. The number of aromatic nitrogens is 2. The fourth-order valence-electron chi connectivity index (χ4n) is 3.67. The first-order valence-electron chi connectivity index (χ1n) is 9.20. The number of carbonyl (C=O) groups excluding carboxylic acids is 1. The third kappa shape index (κ3) is 3.65. The molecular formula is C20H20F3N3OS. The Morgan fingerprint density at radius 1 is 1.29 bits per heavy atom. The molecule has 0 radical (unpaired) electrons. The van der Waals surface area contributed by atoms with Crippen LogP contribution in [0.5, 0.6) is 0 Å². The molecule has 1 amide bonds. The summed E-state index contributed by atoms with van der Waals surface area (Å²) in [5, 5.41) is 5.44. The molecule has 3 heterocycles. The van der Waals surface area contributed by atoms with Crippen molar-refractivity contribution in [3.63, 3.8) is 0 Å². The number of fused-ring (bicyclic) bond motifs is 1. The number of hydrogen-bond donors (Lipinski definition) is 0. The minimum Gasteiger partial charge on any atom is -0.337 e. The molecule has 0 bridgehead atoms. The zero-order valence-corrected chi connectivity index (χ0v) is 16.2. The maximum absolute atomic E-state index is 13.1. The lowest BCUT2D eigenvalue weighted by Gasteiger charge is -2.33. The third-order valence-electron chi connectivity index (χ3n) is 5.16. The number of rotatable bonds is 3. The number of hydrogen-bond acceptors (Lipinski definition) is 3. The Morgan fingerprint density at radius 3 is 2.75 bits per heavy atom. The summed E-state index contributed by atoms with van der Waals surface area (Å²) in [4.78, 5) is 15.5. The van der Waals surface area contributed by atoms with Crippen LogP contribution in [0, 0.1) is 12.8 Å². The van der Waals surface area contributed by atoms with Crippen molar-refractivity contribution in [2.24, 2.45) is 5.92 Å². The molecule has 1 aliphatic rings. The molecule has 2 aromatic heterocycles. The summed E-state index contributed by atoms with van der Waals surface area (Å²) in [5.41, 5.74) is 1.91. The number of alkyl halides is 3. The van der Waals surface area contributed by atoms with E-state index in [-0.39, 0.29) is 18.9 Å². The summed E-state index contributed by atoms with van der Waals surface area (Å²) in [6, 6.07) is 11.6. The maximum Gasteiger partial charge on any atom is 0.393 e. The summed E-state index contributed by atoms with van der Waals surface area (Å²) in [7, 11) is 0. The molecule has 28 heavy (non-hydrogen) atoms. The molecule has 1 aliphatic heterocycles. The van der Waals surface area contributed by atoms with Gasteiger partial charge in [0.25, 0.3) is 5.91 Å². The van der Waals surface area contributed by atoms with Crippen LogP contribution in [0.25, 0.3) is 10.2 Å². The Bertz CT molecular complexity index is 993. The van der Waals surface area contributed by atoms with Crippen molar-refractivity contribution in [2.75, 3.05) is 13.1 Å². The molecule has 148 valence electrons. The number of amides is 1. The fourth-order valence-corrected chi connectivity index (χ4v) is 4.80. The number of carbonyl (C=O) groups is 1. The zero-order valence-electron chi connectivity index (χ0n) is 15.4. The average molecular weight is 407 g/mol. The highest BCUT2D eigenvalue weighted by molar-refractivity contribution is 7.20. The maximum atomic E-state index is 13.1. The lowest BCUT2D eigenvalue weighted by Crippen LogP contribution is -2.44. The SMILES string of the molecule is Cc1nn(Cc2ccccc2)c2sc(C(=O)N3CCCC(C(F)(F)F)C3)cc12. The van der Waals surface area contributed by atoms with Gasteiger partial charge in [-0.05, 0) is 31.4 Å². The van der Waals surface area contributed by atoms with Gasteiger partial charge >= 0.3 is 6.18 Å². The van der Waals surface area contributed by atoms with Crippen molar-refractivity contribution in [2.45, 2.75) is 32.5 Å². The average Bonchev–Trinajstić information content (AvgIpc) is 3.23. The van der Waals surface area contributed by atoms with E-state index in [0.29, 0.717) is 24.4 Å². The van der Waals surface area contributed by atoms with Gasteiger partial charge in [0.2, 0.25) is 0 Å². The molecule has 0 aliphatic carbocycles. The molecule has 4 nitrogen and oxygen atoms in total. The van der Waals surface area contributed by atoms with Crippen LogP contribution in [0.4, 0.5) is 13.2 Å². The van der Waals surface area contributed by atoms with Gasteiger partial charge in [0.15, 0.2) is 0 Å². The number of thiophene rings is 1. The van der Waals surface area contributed by atoms with Gasteiger partial charge < -0.3 is 4.90 Å². The fraction of sp³-hybridized carbons (Fsp3) is 0.400. The molecule has 0 spiro atoms. The standard InChI is InChI=1S/C20H20F3N3OS/c1-13-16-10-17(18(27)25-9-5-8-15(12-25)20(21,22)23)28-19(16)26(24-13)11-14-6-3-2-4-7-14/h2-4,6-7,10,15H,5,8-9,11-12H2,1H3. The van der Waals surface area contributed by atoms with Crippen molar-refractivity contribution < 1.29 is 18.0 Å². The van der Waals surface area contributed by atoms with E-state index in [1.165, 1.54) is 16.2 Å². The number of piperidine rings is 1. The second kappa shape index (κ2) is 7.24. The van der Waals surface area contributed by atoms with Gasteiger partial charge in [-0.25, -0.2) is 0 Å². The molecular weight excluding hydrogens is 387 g/mol. The number of benzene rings is 1. The smallest absolute Gasteiger partial charge is 0.337 e. The quantitative estimate of drug-likeness (QED) is 0.621. The Morgan fingerprint density at radius 2 is 2.04 bits per heavy atom. The number of halogens is 3. The minimum atomic E-state index is -4.26. The molecule has 0 N–H and O–H groups in total. The lowest BCUT2D eigenvalue weighted by atomic mass is 9.97. The van der Waals surface area contributed by atoms with Gasteiger partial charge in [0.1, 0.15) is 4.83 Å². The van der Waals surface area contributed by atoms with E-state index in [0.717, 1.165) is 21.5 Å². The molecule has 1 aromatic carbocycles. The Hall–Kier alpha value is -2.35. The van der Waals surface area contributed by atoms with Gasteiger partial charge in [-0.3, -0.25) is 9.48 Å². The Labute approximate surface area is 164 Å². The highest BCUT2D eigenvalue weighted by atomic mass is 32.1. The molecule has 0 saturated carbocycles. The van der Waals surface area contributed by atoms with Gasteiger partial charge in [-0.1, -0.05) is 30.3 Å². The predicted molar refractivity (Wildman–Crippen MR) is 103 cm³/mol. The van der Waals surface area contributed by atoms with Crippen molar-refractivity contribution in [1.82, 2.24) is 14.7 Å². The van der Waals surface area contributed by atoms with E-state index in [1.54, 1.807) is 6.07 Å². The first-order chi connectivity index (χ1) is 13.3. The highest BCUT2D eigenvalue weighted by Crippen LogP contribution is 2.35. The molecule has 1 unspecified atom stereocenters. The van der Waals surface area contributed by atoms with Crippen molar-refractivity contribution in [3.05, 3.63) is 52.5 Å².